The molecule has 0 atom stereocenters. The lowest BCUT2D eigenvalue weighted by atomic mass is 10.1. The molecule has 4 aromatic rings. The van der Waals surface area contributed by atoms with Crippen molar-refractivity contribution in [3.05, 3.63) is 54.2 Å². The minimum absolute atomic E-state index is 0.541. The number of aryl methyl sites for hydroxylation is 2. The lowest BCUT2D eigenvalue weighted by Crippen LogP contribution is -1.88. The smallest absolute Gasteiger partial charge is 0.258 e. The van der Waals surface area contributed by atoms with Gasteiger partial charge in [0.2, 0.25) is 5.82 Å². The zero-order valence-corrected chi connectivity index (χ0v) is 12.3. The van der Waals surface area contributed by atoms with E-state index in [1.165, 1.54) is 0 Å². The number of fused-ring (bicyclic) bond motifs is 1. The monoisotopic (exact) mass is 290 g/mol. The first kappa shape index (κ1) is 12.8. The SMILES string of the molecule is Cc1ccccc1-c1nc(-c2ccc3c(cnn3C)c2)no1. The summed E-state index contributed by atoms with van der Waals surface area (Å²) in [5, 5.41) is 9.41. The van der Waals surface area contributed by atoms with Crippen molar-refractivity contribution in [1.29, 1.82) is 0 Å². The molecule has 4 rings (SSSR count). The van der Waals surface area contributed by atoms with E-state index in [1.807, 2.05) is 67.3 Å². The van der Waals surface area contributed by atoms with Gasteiger partial charge in [-0.3, -0.25) is 4.68 Å². The molecule has 0 saturated heterocycles. The predicted molar refractivity (Wildman–Crippen MR) is 84.2 cm³/mol. The normalized spacial score (nSPS) is 11.2. The van der Waals surface area contributed by atoms with Crippen LogP contribution in [0.3, 0.4) is 0 Å². The molecular formula is C17H14N4O. The third-order valence-electron chi connectivity index (χ3n) is 3.81. The van der Waals surface area contributed by atoms with E-state index < -0.39 is 0 Å². The zero-order chi connectivity index (χ0) is 15.1. The highest BCUT2D eigenvalue weighted by molar-refractivity contribution is 5.83. The topological polar surface area (TPSA) is 56.7 Å². The van der Waals surface area contributed by atoms with Gasteiger partial charge >= 0.3 is 0 Å². The minimum Gasteiger partial charge on any atom is -0.334 e. The number of rotatable bonds is 2. The van der Waals surface area contributed by atoms with Gasteiger partial charge in [0.05, 0.1) is 11.7 Å². The van der Waals surface area contributed by atoms with Gasteiger partial charge < -0.3 is 4.52 Å². The lowest BCUT2D eigenvalue weighted by Gasteiger charge is -1.98. The summed E-state index contributed by atoms with van der Waals surface area (Å²) in [5.41, 5.74) is 4.07. The third-order valence-corrected chi connectivity index (χ3v) is 3.81. The second-order valence-electron chi connectivity index (χ2n) is 5.28. The van der Waals surface area contributed by atoms with Crippen molar-refractivity contribution in [2.24, 2.45) is 7.05 Å². The fraction of sp³-hybridized carbons (Fsp3) is 0.118. The van der Waals surface area contributed by atoms with Gasteiger partial charge in [0.15, 0.2) is 0 Å². The molecule has 0 N–H and O–H groups in total. The summed E-state index contributed by atoms with van der Waals surface area (Å²) in [6.45, 7) is 2.03. The molecule has 0 bridgehead atoms. The number of benzene rings is 2. The highest BCUT2D eigenvalue weighted by Crippen LogP contribution is 2.26. The number of hydrogen-bond donors (Lipinski definition) is 0. The summed E-state index contributed by atoms with van der Waals surface area (Å²) in [7, 11) is 1.92. The summed E-state index contributed by atoms with van der Waals surface area (Å²) in [6, 6.07) is 14.0. The van der Waals surface area contributed by atoms with Gasteiger partial charge in [-0.05, 0) is 36.8 Å². The maximum atomic E-state index is 5.42. The Hall–Kier alpha value is -2.95. The second-order valence-corrected chi connectivity index (χ2v) is 5.28. The molecule has 5 heteroatoms. The van der Waals surface area contributed by atoms with Crippen LogP contribution in [-0.2, 0) is 7.05 Å². The summed E-state index contributed by atoms with van der Waals surface area (Å²) >= 11 is 0. The van der Waals surface area contributed by atoms with Gasteiger partial charge in [-0.1, -0.05) is 23.4 Å². The van der Waals surface area contributed by atoms with Crippen LogP contribution in [0.5, 0.6) is 0 Å². The highest BCUT2D eigenvalue weighted by Gasteiger charge is 2.13. The van der Waals surface area contributed by atoms with E-state index >= 15 is 0 Å². The predicted octanol–water partition coefficient (Wildman–Crippen LogP) is 3.60. The molecule has 2 aromatic carbocycles. The van der Waals surface area contributed by atoms with Gasteiger partial charge in [-0.25, -0.2) is 0 Å². The van der Waals surface area contributed by atoms with Gasteiger partial charge in [0, 0.05) is 23.6 Å². The van der Waals surface area contributed by atoms with E-state index in [1.54, 1.807) is 0 Å². The zero-order valence-electron chi connectivity index (χ0n) is 12.3. The minimum atomic E-state index is 0.541. The highest BCUT2D eigenvalue weighted by atomic mass is 16.5. The summed E-state index contributed by atoms with van der Waals surface area (Å²) in [6.07, 6.45) is 1.83. The number of aromatic nitrogens is 4. The summed E-state index contributed by atoms with van der Waals surface area (Å²) in [4.78, 5) is 4.52. The molecule has 0 aliphatic rings. The Morgan fingerprint density at radius 3 is 2.82 bits per heavy atom. The van der Waals surface area contributed by atoms with Crippen molar-refractivity contribution < 1.29 is 4.52 Å². The molecule has 5 nitrogen and oxygen atoms in total. The van der Waals surface area contributed by atoms with Gasteiger partial charge in [-0.2, -0.15) is 10.1 Å². The van der Waals surface area contributed by atoms with Crippen LogP contribution < -0.4 is 0 Å². The number of nitrogens with zero attached hydrogens (tertiary/aromatic N) is 4. The maximum Gasteiger partial charge on any atom is 0.258 e. The Bertz CT molecular complexity index is 968. The van der Waals surface area contributed by atoms with Gasteiger partial charge in [-0.15, -0.1) is 0 Å². The quantitative estimate of drug-likeness (QED) is 0.566. The summed E-state index contributed by atoms with van der Waals surface area (Å²) in [5.74, 6) is 1.13. The van der Waals surface area contributed by atoms with Crippen LogP contribution in [0.2, 0.25) is 0 Å². The molecule has 2 heterocycles. The Balaban J connectivity index is 1.78. The summed E-state index contributed by atoms with van der Waals surface area (Å²) < 4.78 is 7.26. The van der Waals surface area contributed by atoms with E-state index in [0.29, 0.717) is 11.7 Å². The van der Waals surface area contributed by atoms with E-state index in [0.717, 1.165) is 27.6 Å². The van der Waals surface area contributed by atoms with Crippen molar-refractivity contribution >= 4 is 10.9 Å². The Labute approximate surface area is 127 Å². The molecule has 0 amide bonds. The van der Waals surface area contributed by atoms with Crippen LogP contribution in [0.1, 0.15) is 5.56 Å². The molecule has 0 aliphatic heterocycles. The first-order valence-corrected chi connectivity index (χ1v) is 7.04. The molecule has 0 aliphatic carbocycles. The molecule has 0 unspecified atom stereocenters. The second kappa shape index (κ2) is 4.80. The Kier molecular flexibility index (Phi) is 2.79. The van der Waals surface area contributed by atoms with Crippen LogP contribution >= 0.6 is 0 Å². The Morgan fingerprint density at radius 2 is 1.95 bits per heavy atom. The maximum absolute atomic E-state index is 5.42. The van der Waals surface area contributed by atoms with Gasteiger partial charge in [0.25, 0.3) is 5.89 Å². The number of hydrogen-bond acceptors (Lipinski definition) is 4. The molecular weight excluding hydrogens is 276 g/mol. The van der Waals surface area contributed by atoms with Crippen LogP contribution in [0.25, 0.3) is 33.7 Å². The average Bonchev–Trinajstić information content (AvgIpc) is 3.15. The standard InChI is InChI=1S/C17H14N4O/c1-11-5-3-4-6-14(11)17-19-16(20-22-17)12-7-8-15-13(9-12)10-18-21(15)2/h3-10H,1-2H3. The fourth-order valence-corrected chi connectivity index (χ4v) is 2.57. The van der Waals surface area contributed by atoms with Gasteiger partial charge in [0.1, 0.15) is 0 Å². The first-order chi connectivity index (χ1) is 10.7. The molecule has 22 heavy (non-hydrogen) atoms. The van der Waals surface area contributed by atoms with Crippen molar-refractivity contribution in [1.82, 2.24) is 19.9 Å². The van der Waals surface area contributed by atoms with Crippen molar-refractivity contribution in [3.63, 3.8) is 0 Å². The van der Waals surface area contributed by atoms with E-state index in [4.69, 9.17) is 4.52 Å². The third kappa shape index (κ3) is 1.98. The van der Waals surface area contributed by atoms with Crippen LogP contribution in [0, 0.1) is 6.92 Å². The van der Waals surface area contributed by atoms with Crippen molar-refractivity contribution in [2.45, 2.75) is 6.92 Å². The lowest BCUT2D eigenvalue weighted by molar-refractivity contribution is 0.432. The van der Waals surface area contributed by atoms with E-state index in [-0.39, 0.29) is 0 Å². The Morgan fingerprint density at radius 1 is 1.09 bits per heavy atom. The van der Waals surface area contributed by atoms with Crippen LogP contribution in [-0.4, -0.2) is 19.9 Å². The molecule has 0 spiro atoms. The average molecular weight is 290 g/mol. The van der Waals surface area contributed by atoms with Crippen LogP contribution in [0.15, 0.2) is 53.2 Å². The molecule has 2 aromatic heterocycles. The largest absolute Gasteiger partial charge is 0.334 e. The fourth-order valence-electron chi connectivity index (χ4n) is 2.57. The molecule has 0 radical (unpaired) electrons. The molecule has 0 fully saturated rings. The van der Waals surface area contributed by atoms with E-state index in [9.17, 15) is 0 Å². The van der Waals surface area contributed by atoms with Crippen molar-refractivity contribution in [3.8, 4) is 22.8 Å². The molecule has 0 saturated carbocycles. The van der Waals surface area contributed by atoms with E-state index in [2.05, 4.69) is 15.2 Å². The van der Waals surface area contributed by atoms with Crippen LogP contribution in [0.4, 0.5) is 0 Å². The molecule has 108 valence electrons. The first-order valence-electron chi connectivity index (χ1n) is 7.04. The van der Waals surface area contributed by atoms with Crippen molar-refractivity contribution in [2.75, 3.05) is 0 Å².